The summed E-state index contributed by atoms with van der Waals surface area (Å²) < 4.78 is 7.78. The first kappa shape index (κ1) is 27.4. The number of ether oxygens (including phenoxy) is 1. The summed E-state index contributed by atoms with van der Waals surface area (Å²) in [5.41, 5.74) is -0.317. The number of ketones is 1. The van der Waals surface area contributed by atoms with Crippen molar-refractivity contribution in [2.75, 3.05) is 11.4 Å². The van der Waals surface area contributed by atoms with Gasteiger partial charge in [0.15, 0.2) is 5.82 Å². The molecule has 2 atom stereocenters. The summed E-state index contributed by atoms with van der Waals surface area (Å²) in [5, 5.41) is 19.4. The third-order valence-electron chi connectivity index (χ3n) is 6.97. The number of hydrogen-bond acceptors (Lipinski definition) is 8. The average Bonchev–Trinajstić information content (AvgIpc) is 3.42. The van der Waals surface area contributed by atoms with Gasteiger partial charge in [-0.25, -0.2) is 14.8 Å². The van der Waals surface area contributed by atoms with Crippen LogP contribution >= 0.6 is 20.3 Å². The standard InChI is InChI=1S/C25H26N6O4.Cu.HI/c1-23(2,34)19-10-28-21(11-27-19)31-14-25(35-22(31)33)7-6-20(32)24(3,12-25)13-30-15-29-17-5-4-16(9-26)8-18(17)30;;/h4-5,8,10-11,15,34H,6-7,12-14H2,1-3H3;;1H/q;+1;/p-1/t24-,25-;;/m0../s1. The molecule has 3 heterocycles. The van der Waals surface area contributed by atoms with Crippen molar-refractivity contribution in [3.05, 3.63) is 48.2 Å². The summed E-state index contributed by atoms with van der Waals surface area (Å²) in [7, 11) is 0. The fourth-order valence-corrected chi connectivity index (χ4v) is 5.11. The molecule has 3 aromatic rings. The molecule has 1 aliphatic carbocycles. The Morgan fingerprint density at radius 3 is 2.65 bits per heavy atom. The average molecular weight is 665 g/mol. The number of fused-ring (bicyclic) bond motifs is 1. The van der Waals surface area contributed by atoms with Crippen molar-refractivity contribution < 1.29 is 32.2 Å². The molecule has 1 amide bonds. The van der Waals surface area contributed by atoms with E-state index in [1.54, 1.807) is 58.7 Å². The van der Waals surface area contributed by atoms with E-state index in [-0.39, 0.29) is 18.7 Å². The van der Waals surface area contributed by atoms with Crippen LogP contribution in [0.5, 0.6) is 0 Å². The van der Waals surface area contributed by atoms with Crippen molar-refractivity contribution in [3.8, 4) is 6.07 Å². The molecule has 1 spiro atoms. The van der Waals surface area contributed by atoms with Gasteiger partial charge in [-0.3, -0.25) is 14.7 Å². The molecule has 37 heavy (non-hydrogen) atoms. The van der Waals surface area contributed by atoms with Gasteiger partial charge >= 0.3 is 39.2 Å². The van der Waals surface area contributed by atoms with Gasteiger partial charge in [0, 0.05) is 24.8 Å². The number of amides is 1. The number of benzene rings is 1. The Labute approximate surface area is 234 Å². The summed E-state index contributed by atoms with van der Waals surface area (Å²) in [6, 6.07) is 7.41. The van der Waals surface area contributed by atoms with Crippen LogP contribution in [0.25, 0.3) is 11.0 Å². The predicted molar refractivity (Wildman–Crippen MR) is 139 cm³/mol. The zero-order valence-electron chi connectivity index (χ0n) is 20.5. The van der Waals surface area contributed by atoms with Gasteiger partial charge in [0.1, 0.15) is 17.0 Å². The Bertz CT molecular complexity index is 1380. The number of rotatable bonds is 4. The molecule has 2 aromatic heterocycles. The Balaban J connectivity index is 0.00000156. The number of hydrogen-bond donors (Lipinski definition) is 1. The minimum absolute atomic E-state index is 0.102. The number of Topliss-reactive ketones (excluding diaryl/α,β-unsaturated/α-hetero) is 1. The summed E-state index contributed by atoms with van der Waals surface area (Å²) in [6.07, 6.45) is 5.12. The maximum atomic E-state index is 13.1. The summed E-state index contributed by atoms with van der Waals surface area (Å²) >= 11 is 5.87. The summed E-state index contributed by atoms with van der Waals surface area (Å²) in [5.74, 6) is 0.438. The first-order valence-corrected chi connectivity index (χ1v) is 14.6. The Hall–Kier alpha value is -2.59. The molecule has 198 valence electrons. The van der Waals surface area contributed by atoms with Crippen LogP contribution in [-0.4, -0.2) is 48.6 Å². The van der Waals surface area contributed by atoms with E-state index in [0.29, 0.717) is 36.5 Å². The van der Waals surface area contributed by atoms with Gasteiger partial charge < -0.3 is 14.4 Å². The van der Waals surface area contributed by atoms with Crippen LogP contribution in [0.1, 0.15) is 51.3 Å². The number of imidazole rings is 1. The van der Waals surface area contributed by atoms with Crippen molar-refractivity contribution in [2.24, 2.45) is 5.41 Å². The summed E-state index contributed by atoms with van der Waals surface area (Å²) in [6.45, 7) is 5.73. The minimum atomic E-state index is -1.14. The quantitative estimate of drug-likeness (QED) is 0.327. The summed E-state index contributed by atoms with van der Waals surface area (Å²) in [4.78, 5) is 40.4. The third kappa shape index (κ3) is 5.36. The van der Waals surface area contributed by atoms with E-state index >= 15 is 0 Å². The van der Waals surface area contributed by atoms with Crippen LogP contribution in [0.15, 0.2) is 36.9 Å². The van der Waals surface area contributed by atoms with Crippen molar-refractivity contribution in [2.45, 2.75) is 57.8 Å². The number of nitriles is 1. The first-order valence-electron chi connectivity index (χ1n) is 11.6. The van der Waals surface area contributed by atoms with E-state index in [0.717, 1.165) is 11.0 Å². The predicted octanol–water partition coefficient (Wildman–Crippen LogP) is 3.96. The van der Waals surface area contributed by atoms with E-state index in [2.05, 4.69) is 33.8 Å². The topological polar surface area (TPSA) is 134 Å². The second kappa shape index (κ2) is 10.3. The fraction of sp³-hybridized carbons (Fsp3) is 0.440. The second-order valence-corrected chi connectivity index (χ2v) is 10.3. The van der Waals surface area contributed by atoms with Gasteiger partial charge in [-0.05, 0) is 38.5 Å². The molecule has 5 rings (SSSR count). The van der Waals surface area contributed by atoms with E-state index in [1.165, 1.54) is 17.3 Å². The van der Waals surface area contributed by atoms with Crippen molar-refractivity contribution in [1.82, 2.24) is 19.5 Å². The van der Waals surface area contributed by atoms with E-state index in [1.807, 2.05) is 11.5 Å². The molecule has 1 saturated heterocycles. The molecule has 0 unspecified atom stereocenters. The molecular weight excluding hydrogens is 639 g/mol. The number of halogens is 1. The van der Waals surface area contributed by atoms with Gasteiger partial charge in [0.25, 0.3) is 0 Å². The molecule has 2 fully saturated rings. The molecule has 0 radical (unpaired) electrons. The molecule has 1 aliphatic heterocycles. The van der Waals surface area contributed by atoms with Crippen LogP contribution in [0.2, 0.25) is 0 Å². The molecule has 1 saturated carbocycles. The van der Waals surface area contributed by atoms with Crippen molar-refractivity contribution in [1.29, 1.82) is 5.26 Å². The first-order chi connectivity index (χ1) is 17.5. The van der Waals surface area contributed by atoms with Crippen molar-refractivity contribution in [3.63, 3.8) is 0 Å². The third-order valence-corrected chi connectivity index (χ3v) is 6.97. The van der Waals surface area contributed by atoms with E-state index in [9.17, 15) is 20.0 Å². The molecule has 2 aliphatic rings. The number of nitrogens with zero attached hydrogens (tertiary/aromatic N) is 6. The van der Waals surface area contributed by atoms with Crippen LogP contribution < -0.4 is 4.90 Å². The Kier molecular flexibility index (Phi) is 7.63. The SMILES string of the molecule is CC(C)(O)c1cnc(N2C[C@@]3(CCC(=O)[C@](C)(Cn4cnc5ccc(C#N)cc54)C3)OC2=O)cn1.[Cu][I]. The number of aliphatic hydroxyl groups is 1. The molecule has 10 nitrogen and oxygen atoms in total. The maximum absolute atomic E-state index is 13.1. The van der Waals surface area contributed by atoms with Crippen molar-refractivity contribution >= 4 is 49.1 Å². The van der Waals surface area contributed by atoms with Crippen LogP contribution in [-0.2, 0) is 34.4 Å². The van der Waals surface area contributed by atoms with E-state index < -0.39 is 22.7 Å². The normalized spacial score (nSPS) is 23.6. The zero-order valence-corrected chi connectivity index (χ0v) is 23.6. The monoisotopic (exact) mass is 664 g/mol. The number of anilines is 1. The van der Waals surface area contributed by atoms with Crippen LogP contribution in [0.3, 0.4) is 0 Å². The van der Waals surface area contributed by atoms with Crippen LogP contribution in [0.4, 0.5) is 10.6 Å². The number of carbonyl (C=O) groups excluding carboxylic acids is 2. The number of aromatic nitrogens is 4. The molecule has 1 aromatic carbocycles. The molecular formula is C25H26CuIN6O4. The Morgan fingerprint density at radius 2 is 2.00 bits per heavy atom. The van der Waals surface area contributed by atoms with E-state index in [4.69, 9.17) is 4.74 Å². The molecule has 0 bridgehead atoms. The van der Waals surface area contributed by atoms with Gasteiger partial charge in [0.2, 0.25) is 0 Å². The van der Waals surface area contributed by atoms with Gasteiger partial charge in [0.05, 0.1) is 53.6 Å². The fourth-order valence-electron chi connectivity index (χ4n) is 5.11. The number of carbonyl (C=O) groups is 2. The Morgan fingerprint density at radius 1 is 1.24 bits per heavy atom. The zero-order chi connectivity index (χ0) is 27.0. The molecule has 1 N–H and O–H groups in total. The van der Waals surface area contributed by atoms with Gasteiger partial charge in [-0.1, -0.05) is 6.92 Å². The second-order valence-electron chi connectivity index (χ2n) is 10.3. The van der Waals surface area contributed by atoms with Crippen LogP contribution in [0, 0.1) is 16.7 Å². The van der Waals surface area contributed by atoms with Gasteiger partial charge in [-0.2, -0.15) is 5.26 Å². The molecule has 12 heteroatoms. The van der Waals surface area contributed by atoms with Gasteiger partial charge in [-0.15, -0.1) is 0 Å².